The van der Waals surface area contributed by atoms with Crippen LogP contribution in [0.3, 0.4) is 0 Å². The maximum atomic E-state index is 13.7. The summed E-state index contributed by atoms with van der Waals surface area (Å²) < 4.78 is 11.4. The molecule has 4 rings (SSSR count). The van der Waals surface area contributed by atoms with Crippen molar-refractivity contribution in [3.63, 3.8) is 0 Å². The highest BCUT2D eigenvalue weighted by Gasteiger charge is 2.33. The monoisotopic (exact) mass is 564 g/mol. The fourth-order valence-electron chi connectivity index (χ4n) is 5.14. The zero-order chi connectivity index (χ0) is 30.1. The summed E-state index contributed by atoms with van der Waals surface area (Å²) in [7, 11) is 1.52. The van der Waals surface area contributed by atoms with Crippen LogP contribution in [0.5, 0.6) is 11.5 Å². The second-order valence-corrected chi connectivity index (χ2v) is 11.1. The van der Waals surface area contributed by atoms with Gasteiger partial charge < -0.3 is 29.7 Å². The molecule has 1 fully saturated rings. The summed E-state index contributed by atoms with van der Waals surface area (Å²) in [5, 5.41) is 20.6. The molecule has 11 heteroatoms. The average Bonchev–Trinajstić information content (AvgIpc) is 3.47. The van der Waals surface area contributed by atoms with E-state index < -0.39 is 18.0 Å². The Morgan fingerprint density at radius 3 is 2.44 bits per heavy atom. The van der Waals surface area contributed by atoms with Gasteiger partial charge in [-0.15, -0.1) is 0 Å². The Labute approximate surface area is 238 Å². The van der Waals surface area contributed by atoms with E-state index in [0.717, 1.165) is 5.56 Å². The number of Topliss-reactive ketones (excluding diaryl/α,β-unsaturated/α-hetero) is 1. The van der Waals surface area contributed by atoms with E-state index in [0.29, 0.717) is 59.7 Å². The van der Waals surface area contributed by atoms with Crippen LogP contribution in [-0.4, -0.2) is 72.8 Å². The van der Waals surface area contributed by atoms with Gasteiger partial charge in [-0.25, -0.2) is 4.79 Å². The molecule has 2 aromatic carbocycles. The van der Waals surface area contributed by atoms with E-state index in [1.807, 2.05) is 27.7 Å². The normalized spacial score (nSPS) is 14.8. The molecule has 2 amide bonds. The van der Waals surface area contributed by atoms with Gasteiger partial charge in [0.15, 0.2) is 12.4 Å². The highest BCUT2D eigenvalue weighted by Crippen LogP contribution is 2.42. The number of hydrogen-bond acceptors (Lipinski definition) is 7. The van der Waals surface area contributed by atoms with Crippen molar-refractivity contribution in [2.75, 3.05) is 38.3 Å². The second kappa shape index (κ2) is 11.6. The van der Waals surface area contributed by atoms with Gasteiger partial charge in [0.2, 0.25) is 5.91 Å². The van der Waals surface area contributed by atoms with E-state index in [4.69, 9.17) is 14.9 Å². The minimum Gasteiger partial charge on any atom is -0.493 e. The number of amides is 2. The molecule has 41 heavy (non-hydrogen) atoms. The fraction of sp³-hybridized carbons (Fsp3) is 0.433. The third kappa shape index (κ3) is 6.03. The van der Waals surface area contributed by atoms with Crippen molar-refractivity contribution in [3.8, 4) is 11.5 Å². The molecule has 0 saturated carbocycles. The summed E-state index contributed by atoms with van der Waals surface area (Å²) in [6.45, 7) is 7.98. The Bertz CT molecular complexity index is 1430. The van der Waals surface area contributed by atoms with E-state index in [1.165, 1.54) is 7.05 Å². The van der Waals surface area contributed by atoms with Crippen LogP contribution in [0, 0.1) is 5.41 Å². The maximum Gasteiger partial charge on any atom is 0.341 e. The first-order valence-electron chi connectivity index (χ1n) is 13.6. The quantitative estimate of drug-likeness (QED) is 0.372. The molecule has 0 spiro atoms. The van der Waals surface area contributed by atoms with Gasteiger partial charge in [-0.3, -0.25) is 19.8 Å². The number of amidine groups is 1. The summed E-state index contributed by atoms with van der Waals surface area (Å²) in [5.74, 6) is -1.07. The summed E-state index contributed by atoms with van der Waals surface area (Å²) in [4.78, 5) is 53.4. The van der Waals surface area contributed by atoms with Crippen molar-refractivity contribution in [1.29, 1.82) is 5.41 Å². The number of ether oxygens (including phenoxy) is 2. The van der Waals surface area contributed by atoms with Gasteiger partial charge in [0.1, 0.15) is 17.3 Å². The zero-order valence-electron chi connectivity index (χ0n) is 24.1. The van der Waals surface area contributed by atoms with Crippen LogP contribution in [0.15, 0.2) is 24.3 Å². The van der Waals surface area contributed by atoms with Crippen molar-refractivity contribution >= 4 is 35.1 Å². The Morgan fingerprint density at radius 1 is 1.12 bits per heavy atom. The van der Waals surface area contributed by atoms with Gasteiger partial charge in [-0.05, 0) is 48.6 Å². The molecule has 0 aromatic heterocycles. The van der Waals surface area contributed by atoms with Gasteiger partial charge >= 0.3 is 5.97 Å². The van der Waals surface area contributed by atoms with Crippen LogP contribution in [0.1, 0.15) is 77.9 Å². The molecular formula is C30H36N4O7. The average molecular weight is 565 g/mol. The maximum absolute atomic E-state index is 13.7. The van der Waals surface area contributed by atoms with Gasteiger partial charge in [-0.1, -0.05) is 20.8 Å². The number of fused-ring (bicyclic) bond motifs is 1. The summed E-state index contributed by atoms with van der Waals surface area (Å²) in [6, 6.07) is 6.64. The number of carbonyl (C=O) groups excluding carboxylic acids is 3. The number of hydrogen-bond donors (Lipinski definition) is 3. The number of aliphatic carboxylic acids is 1. The van der Waals surface area contributed by atoms with Crippen molar-refractivity contribution in [3.05, 3.63) is 52.1 Å². The van der Waals surface area contributed by atoms with Crippen molar-refractivity contribution in [1.82, 2.24) is 10.2 Å². The third-order valence-electron chi connectivity index (χ3n) is 7.15. The van der Waals surface area contributed by atoms with Crippen LogP contribution < -0.4 is 19.7 Å². The summed E-state index contributed by atoms with van der Waals surface area (Å²) >= 11 is 0. The van der Waals surface area contributed by atoms with Gasteiger partial charge in [0.05, 0.1) is 24.4 Å². The second-order valence-electron chi connectivity index (χ2n) is 11.1. The minimum absolute atomic E-state index is 0.112. The molecule has 1 saturated heterocycles. The Hall–Kier alpha value is -4.41. The van der Waals surface area contributed by atoms with Crippen molar-refractivity contribution < 1.29 is 33.8 Å². The molecule has 2 aromatic rings. The first-order chi connectivity index (χ1) is 19.3. The van der Waals surface area contributed by atoms with E-state index in [1.54, 1.807) is 34.1 Å². The van der Waals surface area contributed by atoms with Gasteiger partial charge in [0, 0.05) is 43.2 Å². The van der Waals surface area contributed by atoms with Crippen LogP contribution in [0.2, 0.25) is 0 Å². The summed E-state index contributed by atoms with van der Waals surface area (Å²) in [5.41, 5.74) is 2.42. The molecular weight excluding hydrogens is 528 g/mol. The highest BCUT2D eigenvalue weighted by atomic mass is 16.5. The number of nitrogens with zero attached hydrogens (tertiary/aromatic N) is 2. The molecule has 218 valence electrons. The number of carbonyl (C=O) groups is 4. The molecule has 0 bridgehead atoms. The Balaban J connectivity index is 1.70. The number of carboxylic acids is 1. The van der Waals surface area contributed by atoms with Crippen molar-refractivity contribution in [2.24, 2.45) is 0 Å². The molecule has 0 unspecified atom stereocenters. The van der Waals surface area contributed by atoms with Crippen molar-refractivity contribution in [2.45, 2.75) is 52.5 Å². The van der Waals surface area contributed by atoms with E-state index >= 15 is 0 Å². The number of ketones is 1. The fourth-order valence-corrected chi connectivity index (χ4v) is 5.14. The molecule has 2 aliphatic rings. The SMILES string of the molecule is CCOc1cc2c(cc1C(=O)NC)C(=N)N(CC(=O)c1cc(N3CCCC3=O)c(OCC(=O)O)c(C(C)(C)C)c1)C2. The lowest BCUT2D eigenvalue weighted by Gasteiger charge is -2.28. The van der Waals surface area contributed by atoms with E-state index in [9.17, 15) is 24.3 Å². The van der Waals surface area contributed by atoms with Gasteiger partial charge in [-0.2, -0.15) is 0 Å². The number of benzene rings is 2. The molecule has 3 N–H and O–H groups in total. The molecule has 0 radical (unpaired) electrons. The zero-order valence-corrected chi connectivity index (χ0v) is 24.1. The largest absolute Gasteiger partial charge is 0.493 e. The van der Waals surface area contributed by atoms with Crippen LogP contribution in [0.4, 0.5) is 5.69 Å². The lowest BCUT2D eigenvalue weighted by molar-refractivity contribution is -0.139. The molecule has 2 aliphatic heterocycles. The van der Waals surface area contributed by atoms with E-state index in [2.05, 4.69) is 5.32 Å². The number of nitrogens with one attached hydrogen (secondary N) is 2. The number of rotatable bonds is 10. The minimum atomic E-state index is -1.15. The topological polar surface area (TPSA) is 149 Å². The first kappa shape index (κ1) is 29.6. The number of anilines is 1. The predicted octanol–water partition coefficient (Wildman–Crippen LogP) is 3.36. The van der Waals surface area contributed by atoms with Crippen LogP contribution in [0.25, 0.3) is 0 Å². The summed E-state index contributed by atoms with van der Waals surface area (Å²) in [6.07, 6.45) is 0.998. The smallest absolute Gasteiger partial charge is 0.341 e. The molecule has 11 nitrogen and oxygen atoms in total. The first-order valence-corrected chi connectivity index (χ1v) is 13.6. The lowest BCUT2D eigenvalue weighted by atomic mass is 9.84. The Kier molecular flexibility index (Phi) is 8.37. The highest BCUT2D eigenvalue weighted by molar-refractivity contribution is 6.08. The standard InChI is InChI=1S/C30H36N4O7/c1-6-40-24-12-18-14-33(28(31)19(18)13-20(24)29(39)32-5)15-23(35)17-10-21(30(2,3)4)27(41-16-26(37)38)22(11-17)34-9-7-8-25(34)36/h10-13,31H,6-9,14-16H2,1-5H3,(H,32,39)(H,37,38). The number of carboxylic acid groups (broad SMARTS) is 1. The third-order valence-corrected chi connectivity index (χ3v) is 7.15. The molecule has 0 aliphatic carbocycles. The Morgan fingerprint density at radius 2 is 1.85 bits per heavy atom. The predicted molar refractivity (Wildman–Crippen MR) is 152 cm³/mol. The van der Waals surface area contributed by atoms with E-state index in [-0.39, 0.29) is 42.3 Å². The molecule has 0 atom stereocenters. The lowest BCUT2D eigenvalue weighted by Crippen LogP contribution is -2.31. The van der Waals surface area contributed by atoms with Crippen LogP contribution >= 0.6 is 0 Å². The van der Waals surface area contributed by atoms with Gasteiger partial charge in [0.25, 0.3) is 5.91 Å². The molecule has 2 heterocycles. The van der Waals surface area contributed by atoms with Crippen LogP contribution in [-0.2, 0) is 21.5 Å².